The first-order valence-corrected chi connectivity index (χ1v) is 15.8. The van der Waals surface area contributed by atoms with Crippen molar-refractivity contribution in [3.05, 3.63) is 104 Å². The van der Waals surface area contributed by atoms with Crippen molar-refractivity contribution in [3.8, 4) is 0 Å². The molecule has 0 fully saturated rings. The number of amides is 1. The smallest absolute Gasteiger partial charge is 0.273 e. The highest BCUT2D eigenvalue weighted by molar-refractivity contribution is 7.92. The fraction of sp³-hybridized carbons (Fsp3) is 0.167. The summed E-state index contributed by atoms with van der Waals surface area (Å²) in [6, 6.07) is 18.7. The third kappa shape index (κ3) is 5.17. The Labute approximate surface area is 244 Å². The number of nitrogens with zero attached hydrogens (tertiary/aromatic N) is 1. The number of aromatic nitrogens is 1. The van der Waals surface area contributed by atoms with Gasteiger partial charge in [0, 0.05) is 29.3 Å². The zero-order chi connectivity index (χ0) is 28.0. The lowest BCUT2D eigenvalue weighted by Gasteiger charge is -2.17. The molecule has 0 unspecified atom stereocenters. The maximum absolute atomic E-state index is 14.9. The van der Waals surface area contributed by atoms with Crippen LogP contribution in [-0.2, 0) is 34.2 Å². The number of carbonyl (C=O) groups excluding carboxylic acids is 1. The highest BCUT2D eigenvalue weighted by Gasteiger charge is 2.24. The number of nitrogens with one attached hydrogen (secondary N) is 1. The number of benzene rings is 3. The van der Waals surface area contributed by atoms with Crippen molar-refractivity contribution in [3.63, 3.8) is 0 Å². The van der Waals surface area contributed by atoms with E-state index in [4.69, 9.17) is 23.2 Å². The van der Waals surface area contributed by atoms with Gasteiger partial charge in [-0.15, -0.1) is 11.3 Å². The molecule has 6 rings (SSSR count). The molecule has 3 aromatic carbocycles. The fourth-order valence-corrected chi connectivity index (χ4v) is 8.25. The first kappa shape index (κ1) is 27.0. The average molecular weight is 614 g/mol. The first-order chi connectivity index (χ1) is 19.2. The maximum Gasteiger partial charge on any atom is 0.273 e. The van der Waals surface area contributed by atoms with Crippen LogP contribution < -0.4 is 4.72 Å². The van der Waals surface area contributed by atoms with Crippen LogP contribution in [0.5, 0.6) is 0 Å². The quantitative estimate of drug-likeness (QED) is 0.199. The second kappa shape index (κ2) is 10.7. The van der Waals surface area contributed by atoms with Crippen molar-refractivity contribution < 1.29 is 17.6 Å². The molecule has 2 aromatic heterocycles. The Kier molecular flexibility index (Phi) is 7.21. The number of hydrogen-bond acceptors (Lipinski definition) is 4. The number of halogens is 3. The van der Waals surface area contributed by atoms with Crippen LogP contribution in [0.4, 0.5) is 4.39 Å². The largest absolute Gasteiger partial charge is 0.339 e. The molecular weight excluding hydrogens is 590 g/mol. The Morgan fingerprint density at radius 1 is 1.02 bits per heavy atom. The summed E-state index contributed by atoms with van der Waals surface area (Å²) in [5.41, 5.74) is 4.74. The van der Waals surface area contributed by atoms with Crippen LogP contribution in [0.25, 0.3) is 27.8 Å². The number of hydrogen-bond donors (Lipinski definition) is 1. The molecule has 5 aromatic rings. The topological polar surface area (TPSA) is 68.2 Å². The van der Waals surface area contributed by atoms with Gasteiger partial charge in [-0.05, 0) is 77.9 Å². The van der Waals surface area contributed by atoms with Crippen molar-refractivity contribution in [2.24, 2.45) is 0 Å². The average Bonchev–Trinajstić information content (AvgIpc) is 3.44. The molecule has 1 amide bonds. The van der Waals surface area contributed by atoms with Crippen molar-refractivity contribution in [2.75, 3.05) is 0 Å². The van der Waals surface area contributed by atoms with Crippen LogP contribution >= 0.6 is 34.5 Å². The molecule has 1 aliphatic rings. The van der Waals surface area contributed by atoms with E-state index in [2.05, 4.69) is 34.9 Å². The summed E-state index contributed by atoms with van der Waals surface area (Å²) in [5, 5.41) is 3.21. The standard InChI is InChI=1S/C30H23Cl2FN2O3S2/c31-25-16-28(39-30(25)32)40(37,38)34-27(36)12-11-21-14-22(33)15-24-23-7-3-4-8-26(23)35(29(21)24)17-18-9-10-19-5-1-2-6-20(19)13-18/h1-2,5-6,9-16H,3-4,7-8,17H2,(H,34,36)/b12-11+. The van der Waals surface area contributed by atoms with E-state index >= 15 is 0 Å². The molecule has 5 nitrogen and oxygen atoms in total. The number of aryl methyl sites for hydroxylation is 1. The van der Waals surface area contributed by atoms with Gasteiger partial charge in [0.05, 0.1) is 10.5 Å². The van der Waals surface area contributed by atoms with Gasteiger partial charge in [0.15, 0.2) is 0 Å². The van der Waals surface area contributed by atoms with Gasteiger partial charge in [-0.2, -0.15) is 0 Å². The third-order valence-corrected chi connectivity index (χ3v) is 10.8. The predicted octanol–water partition coefficient (Wildman–Crippen LogP) is 7.75. The number of carbonyl (C=O) groups is 1. The summed E-state index contributed by atoms with van der Waals surface area (Å²) in [4.78, 5) is 12.7. The number of sulfonamides is 1. The summed E-state index contributed by atoms with van der Waals surface area (Å²) in [6.45, 7) is 0.587. The second-order valence-electron chi connectivity index (χ2n) is 9.78. The molecule has 0 radical (unpaired) electrons. The van der Waals surface area contributed by atoms with Gasteiger partial charge in [-0.1, -0.05) is 59.6 Å². The van der Waals surface area contributed by atoms with E-state index in [1.54, 1.807) is 6.07 Å². The Morgan fingerprint density at radius 3 is 2.58 bits per heavy atom. The van der Waals surface area contributed by atoms with Gasteiger partial charge in [-0.25, -0.2) is 17.5 Å². The second-order valence-corrected chi connectivity index (χ2v) is 13.8. The zero-order valence-electron chi connectivity index (χ0n) is 21.1. The van der Waals surface area contributed by atoms with E-state index in [0.29, 0.717) is 12.1 Å². The molecule has 204 valence electrons. The minimum atomic E-state index is -4.17. The highest BCUT2D eigenvalue weighted by Crippen LogP contribution is 2.36. The molecule has 0 bridgehead atoms. The van der Waals surface area contributed by atoms with E-state index in [1.807, 2.05) is 16.9 Å². The molecule has 1 N–H and O–H groups in total. The van der Waals surface area contributed by atoms with Gasteiger partial charge in [-0.3, -0.25) is 4.79 Å². The Hall–Kier alpha value is -3.17. The normalized spacial score (nSPS) is 13.8. The molecule has 0 atom stereocenters. The van der Waals surface area contributed by atoms with Gasteiger partial charge in [0.25, 0.3) is 15.9 Å². The lowest BCUT2D eigenvalue weighted by molar-refractivity contribution is -0.114. The van der Waals surface area contributed by atoms with E-state index in [-0.39, 0.29) is 13.6 Å². The van der Waals surface area contributed by atoms with Crippen LogP contribution in [0, 0.1) is 5.82 Å². The van der Waals surface area contributed by atoms with Crippen molar-refractivity contribution in [2.45, 2.75) is 36.4 Å². The first-order valence-electron chi connectivity index (χ1n) is 12.7. The van der Waals surface area contributed by atoms with Crippen molar-refractivity contribution >= 4 is 78.2 Å². The molecule has 10 heteroatoms. The van der Waals surface area contributed by atoms with Crippen molar-refractivity contribution in [1.82, 2.24) is 9.29 Å². The van der Waals surface area contributed by atoms with E-state index < -0.39 is 21.7 Å². The van der Waals surface area contributed by atoms with Gasteiger partial charge < -0.3 is 4.57 Å². The molecule has 0 saturated carbocycles. The summed E-state index contributed by atoms with van der Waals surface area (Å²) >= 11 is 12.5. The zero-order valence-corrected chi connectivity index (χ0v) is 24.2. The summed E-state index contributed by atoms with van der Waals surface area (Å²) in [7, 11) is -4.17. The highest BCUT2D eigenvalue weighted by atomic mass is 35.5. The van der Waals surface area contributed by atoms with Gasteiger partial charge in [0.2, 0.25) is 0 Å². The molecule has 1 aliphatic carbocycles. The molecule has 40 heavy (non-hydrogen) atoms. The van der Waals surface area contributed by atoms with Crippen LogP contribution in [0.3, 0.4) is 0 Å². The summed E-state index contributed by atoms with van der Waals surface area (Å²) in [6.07, 6.45) is 6.38. The molecule has 0 saturated heterocycles. The predicted molar refractivity (Wildman–Crippen MR) is 160 cm³/mol. The van der Waals surface area contributed by atoms with Crippen molar-refractivity contribution in [1.29, 1.82) is 0 Å². The molecule has 0 aliphatic heterocycles. The summed E-state index contributed by atoms with van der Waals surface area (Å²) < 4.78 is 44.3. The maximum atomic E-state index is 14.9. The van der Waals surface area contributed by atoms with Gasteiger partial charge >= 0.3 is 0 Å². The molecular formula is C30H23Cl2FN2O3S2. The Morgan fingerprint density at radius 2 is 1.80 bits per heavy atom. The van der Waals surface area contributed by atoms with Crippen LogP contribution in [0.2, 0.25) is 9.36 Å². The molecule has 2 heterocycles. The number of rotatable bonds is 6. The minimum Gasteiger partial charge on any atom is -0.339 e. The fourth-order valence-electron chi connectivity index (χ4n) is 5.43. The van der Waals surface area contributed by atoms with Crippen LogP contribution in [0.15, 0.2) is 70.9 Å². The number of thiophene rings is 1. The van der Waals surface area contributed by atoms with Gasteiger partial charge in [0.1, 0.15) is 14.4 Å². The third-order valence-electron chi connectivity index (χ3n) is 7.15. The van der Waals surface area contributed by atoms with E-state index in [9.17, 15) is 17.6 Å². The lowest BCUT2D eigenvalue weighted by Crippen LogP contribution is -2.28. The lowest BCUT2D eigenvalue weighted by atomic mass is 9.95. The van der Waals surface area contributed by atoms with Crippen LogP contribution in [0.1, 0.15) is 35.2 Å². The number of fused-ring (bicyclic) bond motifs is 4. The van der Waals surface area contributed by atoms with Crippen LogP contribution in [-0.4, -0.2) is 18.9 Å². The molecule has 0 spiro atoms. The minimum absolute atomic E-state index is 0.0910. The monoisotopic (exact) mass is 612 g/mol. The Bertz CT molecular complexity index is 1920. The van der Waals surface area contributed by atoms with E-state index in [1.165, 1.54) is 23.9 Å². The summed E-state index contributed by atoms with van der Waals surface area (Å²) in [5.74, 6) is -1.28. The van der Waals surface area contributed by atoms with E-state index in [0.717, 1.165) is 75.9 Å². The Balaban J connectivity index is 1.39. The SMILES string of the molecule is O=C(/C=C/c1cc(F)cc2c3c(n(Cc4ccc5ccccc5c4)c12)CCCC3)NS(=O)(=O)c1cc(Cl)c(Cl)s1.